The first-order valence-electron chi connectivity index (χ1n) is 4.30. The molecule has 3 nitrogen and oxygen atoms in total. The summed E-state index contributed by atoms with van der Waals surface area (Å²) in [7, 11) is 1.66. The summed E-state index contributed by atoms with van der Waals surface area (Å²) in [5, 5.41) is 9.01. The number of nitrogens with zero attached hydrogens (tertiary/aromatic N) is 1. The standard InChI is InChI=1S/C10H17NO2/c1-4-5-6-7-10(13)11(3)8-9(2)12/h4-7,9,12H,8H2,1-3H3. The van der Waals surface area contributed by atoms with Crippen LogP contribution in [0.5, 0.6) is 0 Å². The van der Waals surface area contributed by atoms with Crippen LogP contribution in [0.25, 0.3) is 0 Å². The van der Waals surface area contributed by atoms with E-state index < -0.39 is 6.10 Å². The highest BCUT2D eigenvalue weighted by Crippen LogP contribution is 1.91. The van der Waals surface area contributed by atoms with Crippen molar-refractivity contribution < 1.29 is 9.90 Å². The lowest BCUT2D eigenvalue weighted by Gasteiger charge is -2.16. The molecule has 0 aromatic heterocycles. The van der Waals surface area contributed by atoms with E-state index in [4.69, 9.17) is 5.11 Å². The van der Waals surface area contributed by atoms with Crippen molar-refractivity contribution in [1.82, 2.24) is 4.90 Å². The molecule has 3 heteroatoms. The average Bonchev–Trinajstić information content (AvgIpc) is 2.03. The Balaban J connectivity index is 3.96. The van der Waals surface area contributed by atoms with Gasteiger partial charge in [-0.2, -0.15) is 0 Å². The largest absolute Gasteiger partial charge is 0.392 e. The molecule has 0 rings (SSSR count). The normalized spacial score (nSPS) is 13.8. The van der Waals surface area contributed by atoms with Crippen LogP contribution in [-0.4, -0.2) is 35.6 Å². The second kappa shape index (κ2) is 6.43. The molecule has 0 aromatic carbocycles. The van der Waals surface area contributed by atoms with Gasteiger partial charge in [0.25, 0.3) is 0 Å². The molecule has 0 heterocycles. The number of amides is 1. The van der Waals surface area contributed by atoms with Crippen molar-refractivity contribution >= 4 is 5.91 Å². The van der Waals surface area contributed by atoms with Crippen LogP contribution in [-0.2, 0) is 4.79 Å². The van der Waals surface area contributed by atoms with E-state index in [-0.39, 0.29) is 5.91 Å². The van der Waals surface area contributed by atoms with Crippen molar-refractivity contribution in [3.63, 3.8) is 0 Å². The third-order valence-corrected chi connectivity index (χ3v) is 1.46. The van der Waals surface area contributed by atoms with Crippen LogP contribution in [0.15, 0.2) is 24.3 Å². The van der Waals surface area contributed by atoms with E-state index in [1.54, 1.807) is 26.1 Å². The van der Waals surface area contributed by atoms with Gasteiger partial charge < -0.3 is 10.0 Å². The van der Waals surface area contributed by atoms with Crippen LogP contribution in [0.1, 0.15) is 13.8 Å². The molecular formula is C10H17NO2. The lowest BCUT2D eigenvalue weighted by atomic mass is 10.3. The quantitative estimate of drug-likeness (QED) is 0.521. The highest BCUT2D eigenvalue weighted by molar-refractivity contribution is 5.87. The fraction of sp³-hybridized carbons (Fsp3) is 0.500. The van der Waals surface area contributed by atoms with E-state index in [2.05, 4.69) is 0 Å². The second-order valence-electron chi connectivity index (χ2n) is 2.95. The van der Waals surface area contributed by atoms with Crippen molar-refractivity contribution in [3.05, 3.63) is 24.3 Å². The van der Waals surface area contributed by atoms with Gasteiger partial charge in [-0.1, -0.05) is 18.2 Å². The zero-order valence-electron chi connectivity index (χ0n) is 8.40. The van der Waals surface area contributed by atoms with Gasteiger partial charge in [0, 0.05) is 19.7 Å². The van der Waals surface area contributed by atoms with Gasteiger partial charge in [0.1, 0.15) is 0 Å². The zero-order valence-corrected chi connectivity index (χ0v) is 8.40. The third-order valence-electron chi connectivity index (χ3n) is 1.46. The number of aliphatic hydroxyl groups excluding tert-OH is 1. The minimum Gasteiger partial charge on any atom is -0.392 e. The smallest absolute Gasteiger partial charge is 0.246 e. The molecule has 0 fully saturated rings. The van der Waals surface area contributed by atoms with Crippen LogP contribution in [0.2, 0.25) is 0 Å². The molecule has 0 aliphatic rings. The van der Waals surface area contributed by atoms with Gasteiger partial charge in [-0.05, 0) is 13.8 Å². The van der Waals surface area contributed by atoms with Gasteiger partial charge in [0.05, 0.1) is 6.10 Å². The lowest BCUT2D eigenvalue weighted by Crippen LogP contribution is -2.31. The molecule has 0 saturated carbocycles. The summed E-state index contributed by atoms with van der Waals surface area (Å²) in [5.74, 6) is -0.0981. The number of carbonyl (C=O) groups is 1. The van der Waals surface area contributed by atoms with Crippen LogP contribution in [0.4, 0.5) is 0 Å². The van der Waals surface area contributed by atoms with E-state index in [0.717, 1.165) is 0 Å². The summed E-state index contributed by atoms with van der Waals surface area (Å²) in [6, 6.07) is 0. The molecule has 0 aliphatic heterocycles. The van der Waals surface area contributed by atoms with Gasteiger partial charge >= 0.3 is 0 Å². The number of hydrogen-bond acceptors (Lipinski definition) is 2. The van der Waals surface area contributed by atoms with Crippen LogP contribution < -0.4 is 0 Å². The van der Waals surface area contributed by atoms with Gasteiger partial charge in [0.15, 0.2) is 0 Å². The van der Waals surface area contributed by atoms with Gasteiger partial charge in [-0.3, -0.25) is 4.79 Å². The molecule has 74 valence electrons. The summed E-state index contributed by atoms with van der Waals surface area (Å²) in [6.45, 7) is 3.90. The molecule has 13 heavy (non-hydrogen) atoms. The maximum atomic E-state index is 11.2. The Hall–Kier alpha value is -1.09. The van der Waals surface area contributed by atoms with Crippen molar-refractivity contribution in [2.24, 2.45) is 0 Å². The first-order chi connectivity index (χ1) is 6.07. The van der Waals surface area contributed by atoms with E-state index in [1.807, 2.05) is 13.0 Å². The van der Waals surface area contributed by atoms with Crippen LogP contribution in [0.3, 0.4) is 0 Å². The highest BCUT2D eigenvalue weighted by Gasteiger charge is 2.06. The van der Waals surface area contributed by atoms with Crippen molar-refractivity contribution in [3.8, 4) is 0 Å². The van der Waals surface area contributed by atoms with Gasteiger partial charge in [-0.25, -0.2) is 0 Å². The monoisotopic (exact) mass is 183 g/mol. The first-order valence-corrected chi connectivity index (χ1v) is 4.30. The summed E-state index contributed by atoms with van der Waals surface area (Å²) >= 11 is 0. The third kappa shape index (κ3) is 6.11. The Morgan fingerprint density at radius 2 is 2.15 bits per heavy atom. The minimum absolute atomic E-state index is 0.0981. The molecule has 0 saturated heterocycles. The van der Waals surface area contributed by atoms with Gasteiger partial charge in [-0.15, -0.1) is 0 Å². The molecule has 0 aliphatic carbocycles. The molecule has 0 spiro atoms. The maximum absolute atomic E-state index is 11.2. The molecule has 0 bridgehead atoms. The maximum Gasteiger partial charge on any atom is 0.246 e. The van der Waals surface area contributed by atoms with E-state index in [0.29, 0.717) is 6.54 Å². The van der Waals surface area contributed by atoms with Crippen LogP contribution in [0, 0.1) is 0 Å². The Morgan fingerprint density at radius 3 is 2.62 bits per heavy atom. The van der Waals surface area contributed by atoms with Crippen molar-refractivity contribution in [1.29, 1.82) is 0 Å². The predicted octanol–water partition coefficient (Wildman–Crippen LogP) is 0.958. The number of aliphatic hydroxyl groups is 1. The highest BCUT2D eigenvalue weighted by atomic mass is 16.3. The summed E-state index contributed by atoms with van der Waals surface area (Å²) in [6.07, 6.45) is 6.31. The Morgan fingerprint density at radius 1 is 1.54 bits per heavy atom. The predicted molar refractivity (Wildman–Crippen MR) is 53.3 cm³/mol. The minimum atomic E-state index is -0.482. The molecule has 1 atom stereocenters. The van der Waals surface area contributed by atoms with Crippen LogP contribution >= 0.6 is 0 Å². The zero-order chi connectivity index (χ0) is 10.3. The molecule has 0 radical (unpaired) electrons. The van der Waals surface area contributed by atoms with E-state index >= 15 is 0 Å². The Bertz CT molecular complexity index is 207. The summed E-state index contributed by atoms with van der Waals surface area (Å²) < 4.78 is 0. The number of rotatable bonds is 4. The molecule has 1 N–H and O–H groups in total. The van der Waals surface area contributed by atoms with E-state index in [1.165, 1.54) is 11.0 Å². The number of likely N-dealkylation sites (N-methyl/N-ethyl adjacent to an activating group) is 1. The number of allylic oxidation sites excluding steroid dienone is 3. The fourth-order valence-electron chi connectivity index (χ4n) is 0.863. The molecule has 1 amide bonds. The fourth-order valence-corrected chi connectivity index (χ4v) is 0.863. The molecular weight excluding hydrogens is 166 g/mol. The van der Waals surface area contributed by atoms with E-state index in [9.17, 15) is 4.79 Å². The molecule has 0 aromatic rings. The number of carbonyl (C=O) groups excluding carboxylic acids is 1. The number of hydrogen-bond donors (Lipinski definition) is 1. The van der Waals surface area contributed by atoms with Crippen molar-refractivity contribution in [2.75, 3.05) is 13.6 Å². The van der Waals surface area contributed by atoms with Gasteiger partial charge in [0.2, 0.25) is 5.91 Å². The van der Waals surface area contributed by atoms with Crippen molar-refractivity contribution in [2.45, 2.75) is 20.0 Å². The average molecular weight is 183 g/mol. The first kappa shape index (κ1) is 11.9. The summed E-state index contributed by atoms with van der Waals surface area (Å²) in [4.78, 5) is 12.7. The Kier molecular flexibility index (Phi) is 5.89. The second-order valence-corrected chi connectivity index (χ2v) is 2.95. The lowest BCUT2D eigenvalue weighted by molar-refractivity contribution is -0.125. The topological polar surface area (TPSA) is 40.5 Å². The molecule has 1 unspecified atom stereocenters. The SMILES string of the molecule is CC=CC=CC(=O)N(C)CC(C)O. The summed E-state index contributed by atoms with van der Waals surface area (Å²) in [5.41, 5.74) is 0. The Labute approximate surface area is 79.4 Å².